The number of anilines is 1. The molecule has 1 N–H and O–H groups in total. The fraction of sp³-hybridized carbons (Fsp3) is 0.640. The molecule has 0 amide bonds. The fourth-order valence-corrected chi connectivity index (χ4v) is 4.72. The molecule has 6 heteroatoms. The maximum absolute atomic E-state index is 6.15. The van der Waals surface area contributed by atoms with Gasteiger partial charge in [-0.15, -0.1) is 0 Å². The lowest BCUT2D eigenvalue weighted by Crippen LogP contribution is -2.21. The summed E-state index contributed by atoms with van der Waals surface area (Å²) in [5.41, 5.74) is 4.74. The predicted octanol–water partition coefficient (Wildman–Crippen LogP) is 4.44. The lowest BCUT2D eigenvalue weighted by atomic mass is 10.1. The first-order chi connectivity index (χ1) is 15.3. The maximum atomic E-state index is 6.15. The van der Waals surface area contributed by atoms with Gasteiger partial charge in [0, 0.05) is 42.5 Å². The van der Waals surface area contributed by atoms with Gasteiger partial charge in [0.05, 0.1) is 25.8 Å². The number of likely N-dealkylation sites (tertiary alicyclic amines) is 1. The van der Waals surface area contributed by atoms with Gasteiger partial charge in [0.1, 0.15) is 0 Å². The number of benzene rings is 1. The van der Waals surface area contributed by atoms with Crippen molar-refractivity contribution in [2.45, 2.75) is 51.9 Å². The highest BCUT2D eigenvalue weighted by Gasteiger charge is 2.21. The number of aromatic nitrogens is 1. The van der Waals surface area contributed by atoms with E-state index in [-0.39, 0.29) is 0 Å². The van der Waals surface area contributed by atoms with Crippen LogP contribution in [-0.4, -0.2) is 63.0 Å². The van der Waals surface area contributed by atoms with Crippen LogP contribution in [0.4, 0.5) is 5.69 Å². The summed E-state index contributed by atoms with van der Waals surface area (Å²) < 4.78 is 17.5. The van der Waals surface area contributed by atoms with Crippen LogP contribution in [0.15, 0.2) is 12.1 Å². The summed E-state index contributed by atoms with van der Waals surface area (Å²) in [6.45, 7) is 8.71. The molecule has 1 aliphatic carbocycles. The van der Waals surface area contributed by atoms with E-state index in [2.05, 4.69) is 29.3 Å². The highest BCUT2D eigenvalue weighted by molar-refractivity contribution is 5.96. The van der Waals surface area contributed by atoms with E-state index in [1.165, 1.54) is 42.9 Å². The van der Waals surface area contributed by atoms with E-state index >= 15 is 0 Å². The molecule has 0 atom stereocenters. The molecular formula is C25H37N3O3. The molecule has 0 spiro atoms. The Morgan fingerprint density at radius 1 is 1.03 bits per heavy atom. The summed E-state index contributed by atoms with van der Waals surface area (Å²) in [6.07, 6.45) is 8.02. The average molecular weight is 428 g/mol. The summed E-state index contributed by atoms with van der Waals surface area (Å²) in [4.78, 5) is 7.51. The van der Waals surface area contributed by atoms with Gasteiger partial charge in [-0.05, 0) is 69.7 Å². The molecule has 1 aliphatic heterocycles. The van der Waals surface area contributed by atoms with E-state index in [9.17, 15) is 0 Å². The van der Waals surface area contributed by atoms with Crippen LogP contribution in [0.2, 0.25) is 0 Å². The number of fused-ring (bicyclic) bond motifs is 2. The predicted molar refractivity (Wildman–Crippen MR) is 126 cm³/mol. The lowest BCUT2D eigenvalue weighted by Gasteiger charge is -2.18. The zero-order chi connectivity index (χ0) is 21.5. The summed E-state index contributed by atoms with van der Waals surface area (Å²) >= 11 is 0. The van der Waals surface area contributed by atoms with Crippen molar-refractivity contribution in [2.24, 2.45) is 0 Å². The fourth-order valence-electron chi connectivity index (χ4n) is 4.72. The summed E-state index contributed by atoms with van der Waals surface area (Å²) in [5.74, 6) is 1.57. The molecule has 2 aliphatic rings. The van der Waals surface area contributed by atoms with Crippen molar-refractivity contribution in [1.82, 2.24) is 9.88 Å². The van der Waals surface area contributed by atoms with Crippen LogP contribution < -0.4 is 14.8 Å². The zero-order valence-electron chi connectivity index (χ0n) is 19.2. The Bertz CT molecular complexity index is 865. The Labute approximate surface area is 186 Å². The van der Waals surface area contributed by atoms with Crippen LogP contribution >= 0.6 is 0 Å². The average Bonchev–Trinajstić information content (AvgIpc) is 3.47. The highest BCUT2D eigenvalue weighted by atomic mass is 16.5. The molecule has 2 aromatic rings. The lowest BCUT2D eigenvalue weighted by molar-refractivity contribution is 0.144. The number of rotatable bonds is 12. The quantitative estimate of drug-likeness (QED) is 0.506. The number of nitrogens with one attached hydrogen (secondary N) is 1. The molecule has 6 nitrogen and oxygen atoms in total. The zero-order valence-corrected chi connectivity index (χ0v) is 19.2. The van der Waals surface area contributed by atoms with Crippen molar-refractivity contribution in [3.8, 4) is 11.5 Å². The minimum Gasteiger partial charge on any atom is -0.493 e. The normalized spacial score (nSPS) is 16.1. The molecule has 1 fully saturated rings. The largest absolute Gasteiger partial charge is 0.493 e. The van der Waals surface area contributed by atoms with Crippen molar-refractivity contribution in [3.63, 3.8) is 0 Å². The van der Waals surface area contributed by atoms with Crippen molar-refractivity contribution in [1.29, 1.82) is 0 Å². The topological polar surface area (TPSA) is 55.8 Å². The Morgan fingerprint density at radius 2 is 1.90 bits per heavy atom. The monoisotopic (exact) mass is 427 g/mol. The number of hydrogen-bond acceptors (Lipinski definition) is 6. The number of methoxy groups -OCH3 is 1. The third-order valence-electron chi connectivity index (χ3n) is 6.27. The van der Waals surface area contributed by atoms with Gasteiger partial charge in [-0.1, -0.05) is 6.92 Å². The molecular weight excluding hydrogens is 390 g/mol. The van der Waals surface area contributed by atoms with Gasteiger partial charge in [-0.3, -0.25) is 4.98 Å². The van der Waals surface area contributed by atoms with Crippen LogP contribution in [0.5, 0.6) is 11.5 Å². The van der Waals surface area contributed by atoms with Gasteiger partial charge < -0.3 is 24.4 Å². The van der Waals surface area contributed by atoms with Gasteiger partial charge >= 0.3 is 0 Å². The molecule has 0 radical (unpaired) electrons. The molecule has 0 saturated carbocycles. The summed E-state index contributed by atoms with van der Waals surface area (Å²) in [5, 5.41) is 4.74. The van der Waals surface area contributed by atoms with Gasteiger partial charge in [-0.25, -0.2) is 0 Å². The minimum absolute atomic E-state index is 0.698. The van der Waals surface area contributed by atoms with Gasteiger partial charge in [0.25, 0.3) is 0 Å². The molecule has 31 heavy (non-hydrogen) atoms. The standard InChI is InChI=1S/C25H37N3O3/c1-3-14-30-16-10-26-25-19-8-6-9-21(19)27-22-18-24(23(29-2)17-20(22)25)31-15-7-13-28-11-4-5-12-28/h17-18H,3-16H2,1-2H3,(H,26,27). The second-order valence-electron chi connectivity index (χ2n) is 8.58. The van der Waals surface area contributed by atoms with Crippen LogP contribution in [0, 0.1) is 0 Å². The Morgan fingerprint density at radius 3 is 2.71 bits per heavy atom. The van der Waals surface area contributed by atoms with Gasteiger partial charge in [-0.2, -0.15) is 0 Å². The smallest absolute Gasteiger partial charge is 0.163 e. The second-order valence-corrected chi connectivity index (χ2v) is 8.58. The van der Waals surface area contributed by atoms with Crippen molar-refractivity contribution < 1.29 is 14.2 Å². The van der Waals surface area contributed by atoms with Gasteiger partial charge in [0.2, 0.25) is 0 Å². The van der Waals surface area contributed by atoms with Crippen molar-refractivity contribution >= 4 is 16.6 Å². The molecule has 1 aromatic heterocycles. The van der Waals surface area contributed by atoms with E-state index in [1.807, 2.05) is 0 Å². The van der Waals surface area contributed by atoms with Crippen molar-refractivity contribution in [2.75, 3.05) is 58.4 Å². The first-order valence-electron chi connectivity index (χ1n) is 12.0. The molecule has 1 saturated heterocycles. The number of pyridine rings is 1. The molecule has 1 aromatic carbocycles. The van der Waals surface area contributed by atoms with E-state index in [0.717, 1.165) is 74.2 Å². The third-order valence-corrected chi connectivity index (χ3v) is 6.27. The Balaban J connectivity index is 1.50. The number of nitrogens with zero attached hydrogens (tertiary/aromatic N) is 2. The summed E-state index contributed by atoms with van der Waals surface area (Å²) in [7, 11) is 1.71. The van der Waals surface area contributed by atoms with Crippen LogP contribution in [0.25, 0.3) is 10.9 Å². The van der Waals surface area contributed by atoms with Crippen LogP contribution in [-0.2, 0) is 17.6 Å². The molecule has 4 rings (SSSR count). The SMILES string of the molecule is CCCOCCNc1c2c(nc3cc(OCCCN4CCCC4)c(OC)cc13)CCC2. The highest BCUT2D eigenvalue weighted by Crippen LogP contribution is 2.39. The Hall–Kier alpha value is -2.05. The number of hydrogen-bond donors (Lipinski definition) is 1. The maximum Gasteiger partial charge on any atom is 0.163 e. The Kier molecular flexibility index (Phi) is 7.86. The van der Waals surface area contributed by atoms with E-state index in [4.69, 9.17) is 19.2 Å². The second kappa shape index (κ2) is 11.0. The molecule has 170 valence electrons. The van der Waals surface area contributed by atoms with E-state index in [1.54, 1.807) is 7.11 Å². The molecule has 0 unspecified atom stereocenters. The first kappa shape index (κ1) is 22.2. The molecule has 0 bridgehead atoms. The van der Waals surface area contributed by atoms with E-state index < -0.39 is 0 Å². The van der Waals surface area contributed by atoms with Crippen LogP contribution in [0.1, 0.15) is 50.3 Å². The van der Waals surface area contributed by atoms with E-state index in [0.29, 0.717) is 13.2 Å². The summed E-state index contributed by atoms with van der Waals surface area (Å²) in [6, 6.07) is 4.15. The van der Waals surface area contributed by atoms with Crippen LogP contribution in [0.3, 0.4) is 0 Å². The molecule has 2 heterocycles. The number of aryl methyl sites for hydroxylation is 1. The number of ether oxygens (including phenoxy) is 3. The minimum atomic E-state index is 0.698. The first-order valence-corrected chi connectivity index (χ1v) is 12.0. The van der Waals surface area contributed by atoms with Gasteiger partial charge in [0.15, 0.2) is 11.5 Å². The van der Waals surface area contributed by atoms with Crippen molar-refractivity contribution in [3.05, 3.63) is 23.4 Å². The third kappa shape index (κ3) is 5.42.